The molecule has 13 heavy (non-hydrogen) atoms. The fourth-order valence-electron chi connectivity index (χ4n) is 5.69. The van der Waals surface area contributed by atoms with Crippen LogP contribution < -0.4 is 0 Å². The SMILES string of the molecule is [B-][N@+]12CC[C@H]3CC[C@@H]4CC[C@@H](C1)[C@@]432. The summed E-state index contributed by atoms with van der Waals surface area (Å²) in [6, 6.07) is 0. The van der Waals surface area contributed by atoms with Crippen LogP contribution in [0.2, 0.25) is 0 Å². The monoisotopic (exact) mass is 174 g/mol. The summed E-state index contributed by atoms with van der Waals surface area (Å²) in [5.41, 5.74) is 0.625. The first-order chi connectivity index (χ1) is 6.27. The van der Waals surface area contributed by atoms with Gasteiger partial charge in [-0.25, -0.2) is 7.98 Å². The molecule has 0 aromatic carbocycles. The van der Waals surface area contributed by atoms with Gasteiger partial charge in [0.05, 0.1) is 11.5 Å². The van der Waals surface area contributed by atoms with Crippen LogP contribution in [-0.4, -0.2) is 31.0 Å². The zero-order chi connectivity index (χ0) is 8.68. The van der Waals surface area contributed by atoms with E-state index in [2.05, 4.69) is 0 Å². The summed E-state index contributed by atoms with van der Waals surface area (Å²) < 4.78 is 0.993. The lowest BCUT2D eigenvalue weighted by Crippen LogP contribution is -2.76. The van der Waals surface area contributed by atoms with Crippen molar-refractivity contribution in [1.29, 1.82) is 0 Å². The van der Waals surface area contributed by atoms with Crippen molar-refractivity contribution in [3.63, 3.8) is 0 Å². The molecule has 5 atom stereocenters. The molecule has 2 heteroatoms. The molecule has 2 saturated carbocycles. The third-order valence-corrected chi connectivity index (χ3v) is 5.88. The van der Waals surface area contributed by atoms with Gasteiger partial charge in [-0.15, -0.1) is 0 Å². The highest BCUT2D eigenvalue weighted by atomic mass is 15.4. The summed E-state index contributed by atoms with van der Waals surface area (Å²) in [4.78, 5) is 0. The van der Waals surface area contributed by atoms with Crippen LogP contribution in [0.25, 0.3) is 0 Å². The Morgan fingerprint density at radius 1 is 0.923 bits per heavy atom. The van der Waals surface area contributed by atoms with Crippen LogP contribution in [0.3, 0.4) is 0 Å². The second-order valence-electron chi connectivity index (χ2n) is 5.86. The van der Waals surface area contributed by atoms with Gasteiger partial charge in [-0.3, -0.25) is 0 Å². The number of hydrogen-bond acceptors (Lipinski definition) is 0. The fraction of sp³-hybridized carbons (Fsp3) is 1.00. The lowest BCUT2D eigenvalue weighted by atomic mass is 9.66. The minimum atomic E-state index is 0.625. The van der Waals surface area contributed by atoms with Gasteiger partial charge in [0, 0.05) is 31.3 Å². The lowest BCUT2D eigenvalue weighted by molar-refractivity contribution is -0.921. The van der Waals surface area contributed by atoms with Crippen LogP contribution in [0.1, 0.15) is 32.1 Å². The van der Waals surface area contributed by atoms with E-state index in [1.165, 1.54) is 45.2 Å². The van der Waals surface area contributed by atoms with Crippen molar-refractivity contribution >= 4 is 7.98 Å². The predicted molar refractivity (Wildman–Crippen MR) is 52.0 cm³/mol. The summed E-state index contributed by atoms with van der Waals surface area (Å²) in [6.07, 6.45) is 7.43. The molecule has 2 heterocycles. The Balaban J connectivity index is 1.90. The molecule has 0 amide bonds. The van der Waals surface area contributed by atoms with E-state index in [0.717, 1.165) is 22.1 Å². The molecule has 2 aliphatic carbocycles. The van der Waals surface area contributed by atoms with Crippen molar-refractivity contribution in [2.45, 2.75) is 37.6 Å². The third kappa shape index (κ3) is 0.524. The van der Waals surface area contributed by atoms with Gasteiger partial charge in [0.2, 0.25) is 0 Å². The van der Waals surface area contributed by atoms with E-state index < -0.39 is 0 Å². The smallest absolute Gasteiger partial charge is 0.0671 e. The summed E-state index contributed by atoms with van der Waals surface area (Å²) in [5, 5.41) is 0. The minimum absolute atomic E-state index is 0.625. The molecule has 4 rings (SSSR count). The first-order valence-corrected chi connectivity index (χ1v) is 5.93. The highest BCUT2D eigenvalue weighted by Gasteiger charge is 2.72. The maximum absolute atomic E-state index is 6.54. The Labute approximate surface area is 81.5 Å². The molecule has 1 spiro atoms. The Kier molecular flexibility index (Phi) is 1.05. The Morgan fingerprint density at radius 3 is 2.31 bits per heavy atom. The zero-order valence-electron chi connectivity index (χ0n) is 8.21. The van der Waals surface area contributed by atoms with Crippen molar-refractivity contribution in [2.75, 3.05) is 13.1 Å². The lowest BCUT2D eigenvalue weighted by Gasteiger charge is -2.72. The molecule has 0 aromatic heterocycles. The zero-order valence-corrected chi connectivity index (χ0v) is 8.21. The van der Waals surface area contributed by atoms with Crippen LogP contribution in [0.4, 0.5) is 0 Å². The van der Waals surface area contributed by atoms with Gasteiger partial charge in [0.1, 0.15) is 0 Å². The van der Waals surface area contributed by atoms with Crippen molar-refractivity contribution < 1.29 is 4.39 Å². The molecule has 0 bridgehead atoms. The molecule has 69 valence electrons. The third-order valence-electron chi connectivity index (χ3n) is 5.88. The number of quaternary nitrogens is 1. The van der Waals surface area contributed by atoms with Gasteiger partial charge < -0.3 is 4.39 Å². The van der Waals surface area contributed by atoms with Gasteiger partial charge in [-0.05, 0) is 25.7 Å². The van der Waals surface area contributed by atoms with E-state index in [-0.39, 0.29) is 0 Å². The molecular formula is C11H17BN. The largest absolute Gasteiger partial charge is 0.582 e. The van der Waals surface area contributed by atoms with E-state index >= 15 is 0 Å². The van der Waals surface area contributed by atoms with Crippen molar-refractivity contribution in [2.24, 2.45) is 17.8 Å². The summed E-state index contributed by atoms with van der Waals surface area (Å²) in [5.74, 6) is 3.06. The van der Waals surface area contributed by atoms with E-state index in [1.807, 2.05) is 0 Å². The molecule has 2 saturated heterocycles. The average Bonchev–Trinajstić information content (AvgIpc) is 2.66. The molecular weight excluding hydrogens is 157 g/mol. The second-order valence-corrected chi connectivity index (χ2v) is 5.86. The molecule has 0 N–H and O–H groups in total. The van der Waals surface area contributed by atoms with Gasteiger partial charge in [-0.2, -0.15) is 0 Å². The quantitative estimate of drug-likeness (QED) is 0.488. The molecule has 1 nitrogen and oxygen atoms in total. The van der Waals surface area contributed by atoms with E-state index in [1.54, 1.807) is 0 Å². The summed E-state index contributed by atoms with van der Waals surface area (Å²) in [6.45, 7) is 2.60. The van der Waals surface area contributed by atoms with E-state index in [0.29, 0.717) is 5.54 Å². The topological polar surface area (TPSA) is 0 Å². The number of nitrogens with zero attached hydrogens (tertiary/aromatic N) is 1. The molecule has 2 aliphatic heterocycles. The van der Waals surface area contributed by atoms with Gasteiger partial charge in [0.25, 0.3) is 0 Å². The van der Waals surface area contributed by atoms with Crippen molar-refractivity contribution in [3.05, 3.63) is 0 Å². The van der Waals surface area contributed by atoms with E-state index in [4.69, 9.17) is 7.98 Å². The standard InChI is InChI=1S/C11H17BN/c12-13-6-5-9-2-1-8-3-4-10(7-13)11(8,9)13/h8-10H,1-7H2/t8-,9-,10+,11-,13-/m1/s1. The van der Waals surface area contributed by atoms with Crippen LogP contribution in [-0.2, 0) is 0 Å². The van der Waals surface area contributed by atoms with Gasteiger partial charge in [0.15, 0.2) is 0 Å². The Bertz CT molecular complexity index is 269. The predicted octanol–water partition coefficient (Wildman–Crippen LogP) is 1.48. The Morgan fingerprint density at radius 2 is 1.54 bits per heavy atom. The second kappa shape index (κ2) is 1.86. The maximum atomic E-state index is 6.54. The number of hydrogen-bond donors (Lipinski definition) is 0. The normalized spacial score (nSPS) is 67.6. The van der Waals surface area contributed by atoms with Crippen LogP contribution in [0.15, 0.2) is 0 Å². The first kappa shape index (κ1) is 7.33. The van der Waals surface area contributed by atoms with Crippen LogP contribution in [0, 0.1) is 17.8 Å². The average molecular weight is 174 g/mol. The highest BCUT2D eigenvalue weighted by molar-refractivity contribution is 5.98. The first-order valence-electron chi connectivity index (χ1n) is 5.93. The van der Waals surface area contributed by atoms with Crippen LogP contribution >= 0.6 is 0 Å². The molecule has 0 aromatic rings. The molecule has 4 fully saturated rings. The number of rotatable bonds is 0. The minimum Gasteiger partial charge on any atom is -0.582 e. The molecule has 0 unspecified atom stereocenters. The van der Waals surface area contributed by atoms with E-state index in [9.17, 15) is 0 Å². The highest BCUT2D eigenvalue weighted by Crippen LogP contribution is 2.69. The maximum Gasteiger partial charge on any atom is 0.0671 e. The van der Waals surface area contributed by atoms with Crippen molar-refractivity contribution in [3.8, 4) is 0 Å². The van der Waals surface area contributed by atoms with Gasteiger partial charge >= 0.3 is 0 Å². The fourth-order valence-corrected chi connectivity index (χ4v) is 5.69. The molecule has 4 aliphatic rings. The summed E-state index contributed by atoms with van der Waals surface area (Å²) in [7, 11) is 6.54. The van der Waals surface area contributed by atoms with Gasteiger partial charge in [-0.1, -0.05) is 0 Å². The van der Waals surface area contributed by atoms with Crippen molar-refractivity contribution in [1.82, 2.24) is 0 Å². The summed E-state index contributed by atoms with van der Waals surface area (Å²) >= 11 is 0. The Hall–Kier alpha value is 0.0249. The van der Waals surface area contributed by atoms with Crippen LogP contribution in [0.5, 0.6) is 0 Å². The molecule has 3 radical (unpaired) electrons.